The van der Waals surface area contributed by atoms with Crippen molar-refractivity contribution in [3.63, 3.8) is 0 Å². The Morgan fingerprint density at radius 3 is 2.11 bits per heavy atom. The maximum atomic E-state index is 12.2. The number of hydrogen-bond donors (Lipinski definition) is 1. The molecule has 18 heavy (non-hydrogen) atoms. The summed E-state index contributed by atoms with van der Waals surface area (Å²) in [4.78, 5) is -0.0180. The molecule has 0 aliphatic rings. The monoisotopic (exact) mass is 281 g/mol. The highest BCUT2D eigenvalue weighted by atomic mass is 32.2. The van der Waals surface area contributed by atoms with E-state index in [2.05, 4.69) is 5.16 Å². The maximum absolute atomic E-state index is 12.2. The molecule has 1 rings (SSSR count). The fourth-order valence-electron chi connectivity index (χ4n) is 1.28. The van der Waals surface area contributed by atoms with Crippen molar-refractivity contribution in [3.05, 3.63) is 29.8 Å². The van der Waals surface area contributed by atoms with Gasteiger partial charge in [-0.05, 0) is 17.7 Å². The molecule has 1 aromatic rings. The number of alkyl halides is 3. The first-order valence-electron chi connectivity index (χ1n) is 4.71. The summed E-state index contributed by atoms with van der Waals surface area (Å²) in [6.07, 6.45) is -4.91. The molecule has 1 aromatic carbocycles. The van der Waals surface area contributed by atoms with Crippen molar-refractivity contribution in [2.24, 2.45) is 5.16 Å². The molecular weight excluding hydrogens is 271 g/mol. The lowest BCUT2D eigenvalue weighted by atomic mass is 10.1. The van der Waals surface area contributed by atoms with E-state index in [0.29, 0.717) is 0 Å². The highest BCUT2D eigenvalue weighted by Gasteiger charge is 2.30. The molecule has 0 spiro atoms. The molecule has 0 radical (unpaired) electrons. The highest BCUT2D eigenvalue weighted by molar-refractivity contribution is 7.90. The van der Waals surface area contributed by atoms with Gasteiger partial charge in [-0.25, -0.2) is 8.42 Å². The summed E-state index contributed by atoms with van der Waals surface area (Å²) in [5.41, 5.74) is -0.551. The quantitative estimate of drug-likeness (QED) is 0.525. The van der Waals surface area contributed by atoms with E-state index in [9.17, 15) is 21.6 Å². The molecule has 0 unspecified atom stereocenters. The zero-order valence-corrected chi connectivity index (χ0v) is 10.1. The number of hydrogen-bond acceptors (Lipinski definition) is 4. The summed E-state index contributed by atoms with van der Waals surface area (Å²) >= 11 is 0. The zero-order chi connectivity index (χ0) is 14.0. The normalized spacial score (nSPS) is 13.7. The van der Waals surface area contributed by atoms with Crippen molar-refractivity contribution in [2.45, 2.75) is 17.5 Å². The topological polar surface area (TPSA) is 66.7 Å². The smallest absolute Gasteiger partial charge is 0.394 e. The van der Waals surface area contributed by atoms with Gasteiger partial charge < -0.3 is 5.21 Å². The predicted octanol–water partition coefficient (Wildman–Crippen LogP) is 2.22. The van der Waals surface area contributed by atoms with E-state index < -0.39 is 28.1 Å². The van der Waals surface area contributed by atoms with Gasteiger partial charge in [0.15, 0.2) is 9.84 Å². The average molecular weight is 281 g/mol. The van der Waals surface area contributed by atoms with Gasteiger partial charge in [-0.2, -0.15) is 13.2 Å². The predicted molar refractivity (Wildman–Crippen MR) is 58.5 cm³/mol. The maximum Gasteiger partial charge on any atom is 0.394 e. The molecule has 8 heteroatoms. The Morgan fingerprint density at radius 1 is 1.28 bits per heavy atom. The summed E-state index contributed by atoms with van der Waals surface area (Å²) in [5.74, 6) is 0. The third-order valence-corrected chi connectivity index (χ3v) is 3.23. The van der Waals surface area contributed by atoms with Crippen LogP contribution in [0.25, 0.3) is 0 Å². The Balaban J connectivity index is 3.04. The van der Waals surface area contributed by atoms with Crippen molar-refractivity contribution in [2.75, 3.05) is 6.26 Å². The van der Waals surface area contributed by atoms with Gasteiger partial charge in [-0.3, -0.25) is 0 Å². The van der Waals surface area contributed by atoms with E-state index in [0.717, 1.165) is 30.5 Å². The average Bonchev–Trinajstić information content (AvgIpc) is 2.24. The Bertz CT molecular complexity index is 547. The summed E-state index contributed by atoms with van der Waals surface area (Å²) in [7, 11) is -3.41. The molecule has 0 bridgehead atoms. The van der Waals surface area contributed by atoms with Crippen molar-refractivity contribution in [1.82, 2.24) is 0 Å². The first-order valence-corrected chi connectivity index (χ1v) is 6.61. The van der Waals surface area contributed by atoms with Gasteiger partial charge in [0.25, 0.3) is 0 Å². The van der Waals surface area contributed by atoms with Gasteiger partial charge in [0.1, 0.15) is 0 Å². The second-order valence-corrected chi connectivity index (χ2v) is 5.65. The van der Waals surface area contributed by atoms with Gasteiger partial charge in [0, 0.05) is 6.26 Å². The molecule has 0 atom stereocenters. The van der Waals surface area contributed by atoms with Crippen LogP contribution in [0.5, 0.6) is 0 Å². The Kier molecular flexibility index (Phi) is 4.00. The zero-order valence-electron chi connectivity index (χ0n) is 9.27. The van der Waals surface area contributed by atoms with Crippen LogP contribution >= 0.6 is 0 Å². The third kappa shape index (κ3) is 4.02. The number of sulfone groups is 1. The second kappa shape index (κ2) is 4.97. The molecule has 0 fully saturated rings. The second-order valence-electron chi connectivity index (χ2n) is 3.64. The van der Waals surface area contributed by atoms with Gasteiger partial charge >= 0.3 is 6.18 Å². The van der Waals surface area contributed by atoms with E-state index in [1.807, 2.05) is 0 Å². The Labute approximate surface area is 102 Å². The van der Waals surface area contributed by atoms with Crippen LogP contribution in [0.3, 0.4) is 0 Å². The lowest BCUT2D eigenvalue weighted by molar-refractivity contribution is -0.121. The van der Waals surface area contributed by atoms with Crippen molar-refractivity contribution >= 4 is 15.5 Å². The molecule has 100 valence electrons. The van der Waals surface area contributed by atoms with E-state index in [-0.39, 0.29) is 10.5 Å². The molecule has 1 N–H and O–H groups in total. The SMILES string of the molecule is CS(=O)(=O)c1ccc(C(CC(F)(F)F)=NO)cc1. The van der Waals surface area contributed by atoms with Crippen LogP contribution in [-0.2, 0) is 9.84 Å². The number of oxime groups is 1. The van der Waals surface area contributed by atoms with Gasteiger partial charge in [0.2, 0.25) is 0 Å². The molecular formula is C10H10F3NO3S. The largest absolute Gasteiger partial charge is 0.411 e. The van der Waals surface area contributed by atoms with Crippen molar-refractivity contribution < 1.29 is 26.8 Å². The molecule has 4 nitrogen and oxygen atoms in total. The lowest BCUT2D eigenvalue weighted by Gasteiger charge is -2.08. The van der Waals surface area contributed by atoms with Crippen LogP contribution in [0.1, 0.15) is 12.0 Å². The third-order valence-electron chi connectivity index (χ3n) is 2.10. The summed E-state index contributed by atoms with van der Waals surface area (Å²) in [6, 6.07) is 4.65. The van der Waals surface area contributed by atoms with E-state index in [4.69, 9.17) is 5.21 Å². The Hall–Kier alpha value is -1.57. The molecule has 0 saturated carbocycles. The first-order chi connectivity index (χ1) is 8.13. The standard InChI is InChI=1S/C10H10F3NO3S/c1-18(16,17)8-4-2-7(3-5-8)9(14-15)6-10(11,12)13/h2-5,15H,6H2,1H3. The van der Waals surface area contributed by atoms with E-state index >= 15 is 0 Å². The van der Waals surface area contributed by atoms with Gasteiger partial charge in [-0.15, -0.1) is 0 Å². The van der Waals surface area contributed by atoms with Crippen LogP contribution in [-0.4, -0.2) is 31.8 Å². The fourth-order valence-corrected chi connectivity index (χ4v) is 1.91. The summed E-state index contributed by atoms with van der Waals surface area (Å²) in [5, 5.41) is 11.1. The minimum Gasteiger partial charge on any atom is -0.411 e. The fraction of sp³-hybridized carbons (Fsp3) is 0.300. The lowest BCUT2D eigenvalue weighted by Crippen LogP contribution is -2.16. The molecule has 0 aromatic heterocycles. The first kappa shape index (κ1) is 14.5. The number of rotatable bonds is 3. The van der Waals surface area contributed by atoms with Crippen LogP contribution in [0.2, 0.25) is 0 Å². The van der Waals surface area contributed by atoms with Crippen LogP contribution in [0.15, 0.2) is 34.3 Å². The Morgan fingerprint density at radius 2 is 1.78 bits per heavy atom. The molecule has 0 aliphatic heterocycles. The van der Waals surface area contributed by atoms with E-state index in [1.54, 1.807) is 0 Å². The van der Waals surface area contributed by atoms with E-state index in [1.165, 1.54) is 0 Å². The molecule has 0 aliphatic carbocycles. The molecule has 0 heterocycles. The minimum absolute atomic E-state index is 0.0159. The van der Waals surface area contributed by atoms with Crippen LogP contribution in [0, 0.1) is 0 Å². The number of halogens is 3. The van der Waals surface area contributed by atoms with Crippen molar-refractivity contribution in [3.8, 4) is 0 Å². The summed E-state index contributed by atoms with van der Waals surface area (Å²) < 4.78 is 58.8. The molecule has 0 amide bonds. The highest BCUT2D eigenvalue weighted by Crippen LogP contribution is 2.23. The van der Waals surface area contributed by atoms with Crippen LogP contribution in [0.4, 0.5) is 13.2 Å². The van der Waals surface area contributed by atoms with Gasteiger partial charge in [-0.1, -0.05) is 17.3 Å². The van der Waals surface area contributed by atoms with Crippen molar-refractivity contribution in [1.29, 1.82) is 0 Å². The number of nitrogens with zero attached hydrogens (tertiary/aromatic N) is 1. The minimum atomic E-state index is -4.50. The molecule has 0 saturated heterocycles. The van der Waals surface area contributed by atoms with Crippen LogP contribution < -0.4 is 0 Å². The van der Waals surface area contributed by atoms with Gasteiger partial charge in [0.05, 0.1) is 17.0 Å². The summed E-state index contributed by atoms with van der Waals surface area (Å²) in [6.45, 7) is 0. The number of benzene rings is 1.